The SMILES string of the molecule is CN=C(SC)N(C)C.O=S(=O)(O)C(F)(F)F. The van der Waals surface area contributed by atoms with Crippen molar-refractivity contribution in [2.24, 2.45) is 4.99 Å². The second kappa shape index (κ2) is 6.97. The van der Waals surface area contributed by atoms with Crippen LogP contribution in [0.15, 0.2) is 4.99 Å². The van der Waals surface area contributed by atoms with Crippen molar-refractivity contribution in [2.45, 2.75) is 5.51 Å². The standard InChI is InChI=1S/C5H12N2S.CHF3O3S/c1-6-5(8-4)7(2)3;2-1(3,4)8(5,6)7/h1-4H3;(H,5,6,7). The number of nitrogens with zero attached hydrogens (tertiary/aromatic N) is 2. The Morgan fingerprint density at radius 3 is 1.69 bits per heavy atom. The molecule has 0 aromatic heterocycles. The quantitative estimate of drug-likeness (QED) is 0.314. The molecule has 0 aliphatic heterocycles. The van der Waals surface area contributed by atoms with Crippen LogP contribution in [-0.4, -0.2) is 55.9 Å². The maximum atomic E-state index is 10.7. The Hall–Kier alpha value is -0.480. The third-order valence-corrected chi connectivity index (χ3v) is 2.55. The molecular formula is C6H13F3N2O3S2. The summed E-state index contributed by atoms with van der Waals surface area (Å²) in [5.41, 5.74) is -5.53. The molecule has 0 saturated heterocycles. The van der Waals surface area contributed by atoms with Crippen molar-refractivity contribution < 1.29 is 26.1 Å². The van der Waals surface area contributed by atoms with Crippen molar-refractivity contribution in [2.75, 3.05) is 27.4 Å². The Kier molecular flexibility index (Phi) is 7.79. The van der Waals surface area contributed by atoms with Gasteiger partial charge < -0.3 is 4.90 Å². The average Bonchev–Trinajstić information content (AvgIpc) is 2.02. The molecule has 0 saturated carbocycles. The second-order valence-corrected chi connectivity index (χ2v) is 4.71. The highest BCUT2D eigenvalue weighted by Gasteiger charge is 2.44. The molecule has 0 rings (SSSR count). The minimum absolute atomic E-state index is 1.06. The van der Waals surface area contributed by atoms with Crippen molar-refractivity contribution in [3.8, 4) is 0 Å². The molecule has 0 heterocycles. The molecule has 1 N–H and O–H groups in total. The van der Waals surface area contributed by atoms with Crippen LogP contribution in [0.2, 0.25) is 0 Å². The van der Waals surface area contributed by atoms with Gasteiger partial charge in [-0.25, -0.2) is 0 Å². The van der Waals surface area contributed by atoms with Gasteiger partial charge in [-0.3, -0.25) is 9.55 Å². The van der Waals surface area contributed by atoms with Crippen LogP contribution in [0.5, 0.6) is 0 Å². The van der Waals surface area contributed by atoms with E-state index in [9.17, 15) is 13.2 Å². The zero-order valence-corrected chi connectivity index (χ0v) is 10.7. The van der Waals surface area contributed by atoms with E-state index in [1.807, 2.05) is 25.3 Å². The van der Waals surface area contributed by atoms with Crippen molar-refractivity contribution in [3.05, 3.63) is 0 Å². The molecule has 0 fully saturated rings. The molecule has 0 aliphatic carbocycles. The molecule has 0 radical (unpaired) electrons. The highest BCUT2D eigenvalue weighted by molar-refractivity contribution is 8.13. The van der Waals surface area contributed by atoms with Crippen LogP contribution in [-0.2, 0) is 10.1 Å². The fourth-order valence-corrected chi connectivity index (χ4v) is 1.02. The molecule has 0 atom stereocenters. The lowest BCUT2D eigenvalue weighted by Gasteiger charge is -2.10. The highest BCUT2D eigenvalue weighted by Crippen LogP contribution is 2.20. The predicted molar refractivity (Wildman–Crippen MR) is 58.2 cm³/mol. The molecule has 0 bridgehead atoms. The Balaban J connectivity index is 0. The summed E-state index contributed by atoms with van der Waals surface area (Å²) in [6.07, 6.45) is 2.02. The third-order valence-electron chi connectivity index (χ3n) is 1.05. The fourth-order valence-electron chi connectivity index (χ4n) is 0.474. The molecule has 16 heavy (non-hydrogen) atoms. The smallest absolute Gasteiger partial charge is 0.358 e. The van der Waals surface area contributed by atoms with E-state index in [1.54, 1.807) is 18.8 Å². The van der Waals surface area contributed by atoms with Gasteiger partial charge >= 0.3 is 15.6 Å². The minimum Gasteiger partial charge on any atom is -0.358 e. The number of hydrogen-bond donors (Lipinski definition) is 1. The molecule has 0 unspecified atom stereocenters. The van der Waals surface area contributed by atoms with Crippen molar-refractivity contribution in [1.29, 1.82) is 0 Å². The highest BCUT2D eigenvalue weighted by atomic mass is 32.2. The normalized spacial score (nSPS) is 12.9. The molecule has 0 spiro atoms. The number of amidine groups is 1. The summed E-state index contributed by atoms with van der Waals surface area (Å²) in [6, 6.07) is 0. The van der Waals surface area contributed by atoms with E-state index in [0.717, 1.165) is 5.17 Å². The minimum atomic E-state index is -5.84. The Labute approximate surface area is 96.5 Å². The molecule has 0 aliphatic rings. The van der Waals surface area contributed by atoms with Gasteiger partial charge in [0.2, 0.25) is 0 Å². The summed E-state index contributed by atoms with van der Waals surface area (Å²) in [4.78, 5) is 6.00. The van der Waals surface area contributed by atoms with Crippen LogP contribution in [0.3, 0.4) is 0 Å². The predicted octanol–water partition coefficient (Wildman–Crippen LogP) is 1.29. The summed E-state index contributed by atoms with van der Waals surface area (Å²) in [7, 11) is -0.0729. The van der Waals surface area contributed by atoms with E-state index in [0.29, 0.717) is 0 Å². The van der Waals surface area contributed by atoms with Crippen LogP contribution < -0.4 is 0 Å². The number of alkyl halides is 3. The van der Waals surface area contributed by atoms with Gasteiger partial charge in [-0.1, -0.05) is 11.8 Å². The van der Waals surface area contributed by atoms with Crippen molar-refractivity contribution >= 4 is 27.0 Å². The molecule has 5 nitrogen and oxygen atoms in total. The first-order valence-corrected chi connectivity index (χ1v) is 6.35. The number of hydrogen-bond acceptors (Lipinski definition) is 4. The number of rotatable bonds is 0. The lowest BCUT2D eigenvalue weighted by atomic mass is 10.9. The number of thioether (sulfide) groups is 1. The zero-order valence-electron chi connectivity index (χ0n) is 9.11. The summed E-state index contributed by atoms with van der Waals surface area (Å²) < 4.78 is 57.5. The summed E-state index contributed by atoms with van der Waals surface area (Å²) in [5.74, 6) is 0. The van der Waals surface area contributed by atoms with Crippen LogP contribution in [0.25, 0.3) is 0 Å². The van der Waals surface area contributed by atoms with Gasteiger partial charge in [-0.15, -0.1) is 0 Å². The van der Waals surface area contributed by atoms with Crippen LogP contribution in [0.1, 0.15) is 0 Å². The Bertz CT molecular complexity index is 324. The second-order valence-electron chi connectivity index (χ2n) is 2.53. The van der Waals surface area contributed by atoms with Gasteiger partial charge in [0.05, 0.1) is 0 Å². The van der Waals surface area contributed by atoms with E-state index < -0.39 is 15.6 Å². The lowest BCUT2D eigenvalue weighted by molar-refractivity contribution is -0.0510. The van der Waals surface area contributed by atoms with Gasteiger partial charge in [-0.2, -0.15) is 21.6 Å². The Morgan fingerprint density at radius 1 is 1.38 bits per heavy atom. The average molecular weight is 282 g/mol. The number of aliphatic imine (C=N–C) groups is 1. The Morgan fingerprint density at radius 2 is 1.69 bits per heavy atom. The van der Waals surface area contributed by atoms with E-state index in [2.05, 4.69) is 4.99 Å². The fraction of sp³-hybridized carbons (Fsp3) is 0.833. The zero-order chi connectivity index (χ0) is 13.6. The summed E-state index contributed by atoms with van der Waals surface area (Å²) >= 11 is 1.65. The summed E-state index contributed by atoms with van der Waals surface area (Å²) in [5, 5.41) is 1.06. The van der Waals surface area contributed by atoms with Gasteiger partial charge in [-0.05, 0) is 6.26 Å². The topological polar surface area (TPSA) is 70.0 Å². The van der Waals surface area contributed by atoms with Gasteiger partial charge in [0, 0.05) is 21.1 Å². The van der Waals surface area contributed by atoms with Crippen molar-refractivity contribution in [3.63, 3.8) is 0 Å². The molecule has 10 heteroatoms. The molecule has 0 aromatic rings. The molecule has 0 aromatic carbocycles. The van der Waals surface area contributed by atoms with Crippen LogP contribution in [0, 0.1) is 0 Å². The molecule has 0 amide bonds. The van der Waals surface area contributed by atoms with Crippen molar-refractivity contribution in [1.82, 2.24) is 4.90 Å². The monoisotopic (exact) mass is 282 g/mol. The van der Waals surface area contributed by atoms with E-state index in [1.165, 1.54) is 0 Å². The lowest BCUT2D eigenvalue weighted by Crippen LogP contribution is -2.21. The van der Waals surface area contributed by atoms with Gasteiger partial charge in [0.15, 0.2) is 5.17 Å². The van der Waals surface area contributed by atoms with E-state index in [-0.39, 0.29) is 0 Å². The van der Waals surface area contributed by atoms with Gasteiger partial charge in [0.1, 0.15) is 0 Å². The van der Waals surface area contributed by atoms with E-state index in [4.69, 9.17) is 13.0 Å². The van der Waals surface area contributed by atoms with Crippen LogP contribution >= 0.6 is 11.8 Å². The van der Waals surface area contributed by atoms with E-state index >= 15 is 0 Å². The van der Waals surface area contributed by atoms with Gasteiger partial charge in [0.25, 0.3) is 0 Å². The largest absolute Gasteiger partial charge is 0.522 e. The maximum Gasteiger partial charge on any atom is 0.522 e. The first kappa shape index (κ1) is 17.9. The number of halogens is 3. The van der Waals surface area contributed by atoms with Crippen LogP contribution in [0.4, 0.5) is 13.2 Å². The summed E-state index contributed by atoms with van der Waals surface area (Å²) in [6.45, 7) is 0. The first-order chi connectivity index (χ1) is 6.97. The molecule has 98 valence electrons. The maximum absolute atomic E-state index is 10.7. The third kappa shape index (κ3) is 7.77. The molecular weight excluding hydrogens is 269 g/mol. The first-order valence-electron chi connectivity index (χ1n) is 3.69.